The van der Waals surface area contributed by atoms with Crippen molar-refractivity contribution in [2.75, 3.05) is 0 Å². The van der Waals surface area contributed by atoms with Gasteiger partial charge in [0.25, 0.3) is 0 Å². The molecule has 1 aromatic carbocycles. The van der Waals surface area contributed by atoms with Crippen molar-refractivity contribution in [2.45, 2.75) is 6.92 Å². The highest BCUT2D eigenvalue weighted by Gasteiger charge is 2.07. The third-order valence-corrected chi connectivity index (χ3v) is 2.20. The molecular weight excluding hydrogens is 176 g/mol. The van der Waals surface area contributed by atoms with Crippen LogP contribution in [0.25, 0.3) is 10.9 Å². The molecule has 0 aliphatic rings. The molecule has 2 rings (SSSR count). The van der Waals surface area contributed by atoms with E-state index in [0.717, 1.165) is 10.9 Å². The number of benzene rings is 1. The lowest BCUT2D eigenvalue weighted by Crippen LogP contribution is -1.87. The Labute approximate surface area is 81.2 Å². The highest BCUT2D eigenvalue weighted by molar-refractivity contribution is 5.91. The number of pyridine rings is 1. The molecule has 3 heteroatoms. The SMILES string of the molecule is Cc1ccc(O)c2nccc(C#N)c12. The number of rotatable bonds is 0. The first-order chi connectivity index (χ1) is 6.74. The van der Waals surface area contributed by atoms with E-state index in [4.69, 9.17) is 5.26 Å². The summed E-state index contributed by atoms with van der Waals surface area (Å²) in [6.45, 7) is 1.89. The molecule has 0 aliphatic carbocycles. The van der Waals surface area contributed by atoms with E-state index in [1.165, 1.54) is 6.20 Å². The van der Waals surface area contributed by atoms with Crippen LogP contribution >= 0.6 is 0 Å². The minimum atomic E-state index is 0.114. The standard InChI is InChI=1S/C11H8N2O/c1-7-2-3-9(14)11-10(7)8(6-12)4-5-13-11/h2-5,14H,1H3. The monoisotopic (exact) mass is 184 g/mol. The second kappa shape index (κ2) is 3.00. The molecule has 2 aromatic rings. The van der Waals surface area contributed by atoms with E-state index in [1.807, 2.05) is 6.92 Å². The number of aromatic hydroxyl groups is 1. The van der Waals surface area contributed by atoms with Gasteiger partial charge in [-0.15, -0.1) is 0 Å². The predicted octanol–water partition coefficient (Wildman–Crippen LogP) is 2.12. The summed E-state index contributed by atoms with van der Waals surface area (Å²) in [7, 11) is 0. The number of aromatic nitrogens is 1. The van der Waals surface area contributed by atoms with E-state index in [-0.39, 0.29) is 5.75 Å². The van der Waals surface area contributed by atoms with Crippen molar-refractivity contribution in [2.24, 2.45) is 0 Å². The van der Waals surface area contributed by atoms with Crippen molar-refractivity contribution in [1.29, 1.82) is 5.26 Å². The minimum Gasteiger partial charge on any atom is -0.506 e. The maximum atomic E-state index is 9.54. The molecular formula is C11H8N2O. The third kappa shape index (κ3) is 1.09. The lowest BCUT2D eigenvalue weighted by molar-refractivity contribution is 0.480. The van der Waals surface area contributed by atoms with Crippen LogP contribution in [0.2, 0.25) is 0 Å². The first-order valence-corrected chi connectivity index (χ1v) is 4.21. The smallest absolute Gasteiger partial charge is 0.141 e. The highest BCUT2D eigenvalue weighted by Crippen LogP contribution is 2.27. The number of nitriles is 1. The number of phenols is 1. The van der Waals surface area contributed by atoms with E-state index in [9.17, 15) is 5.11 Å². The fraction of sp³-hybridized carbons (Fsp3) is 0.0909. The molecule has 0 saturated heterocycles. The summed E-state index contributed by atoms with van der Waals surface area (Å²) in [5.74, 6) is 0.114. The van der Waals surface area contributed by atoms with Crippen LogP contribution in [-0.2, 0) is 0 Å². The fourth-order valence-corrected chi connectivity index (χ4v) is 1.51. The lowest BCUT2D eigenvalue weighted by atomic mass is 10.0. The van der Waals surface area contributed by atoms with Gasteiger partial charge in [0.15, 0.2) is 0 Å². The summed E-state index contributed by atoms with van der Waals surface area (Å²) in [4.78, 5) is 4.05. The molecule has 0 amide bonds. The molecule has 0 bridgehead atoms. The van der Waals surface area contributed by atoms with Crippen molar-refractivity contribution in [1.82, 2.24) is 4.98 Å². The normalized spacial score (nSPS) is 10.0. The zero-order valence-electron chi connectivity index (χ0n) is 7.65. The third-order valence-electron chi connectivity index (χ3n) is 2.20. The average Bonchev–Trinajstić information content (AvgIpc) is 2.23. The van der Waals surface area contributed by atoms with Crippen molar-refractivity contribution >= 4 is 10.9 Å². The van der Waals surface area contributed by atoms with Gasteiger partial charge in [-0.2, -0.15) is 5.26 Å². The Morgan fingerprint density at radius 1 is 1.36 bits per heavy atom. The van der Waals surface area contributed by atoms with Gasteiger partial charge < -0.3 is 5.11 Å². The van der Waals surface area contributed by atoms with Crippen molar-refractivity contribution in [3.8, 4) is 11.8 Å². The predicted molar refractivity (Wildman–Crippen MR) is 52.9 cm³/mol. The van der Waals surface area contributed by atoms with Gasteiger partial charge in [-0.1, -0.05) is 6.07 Å². The van der Waals surface area contributed by atoms with Crippen LogP contribution in [0.5, 0.6) is 5.75 Å². The molecule has 1 heterocycles. The maximum Gasteiger partial charge on any atom is 0.141 e. The van der Waals surface area contributed by atoms with E-state index in [2.05, 4.69) is 11.1 Å². The van der Waals surface area contributed by atoms with E-state index < -0.39 is 0 Å². The molecule has 0 atom stereocenters. The molecule has 0 unspecified atom stereocenters. The average molecular weight is 184 g/mol. The van der Waals surface area contributed by atoms with Crippen LogP contribution in [0, 0.1) is 18.3 Å². The van der Waals surface area contributed by atoms with Crippen LogP contribution < -0.4 is 0 Å². The summed E-state index contributed by atoms with van der Waals surface area (Å²) >= 11 is 0. The largest absolute Gasteiger partial charge is 0.506 e. The van der Waals surface area contributed by atoms with Gasteiger partial charge >= 0.3 is 0 Å². The van der Waals surface area contributed by atoms with Gasteiger partial charge in [-0.3, -0.25) is 4.98 Å². The number of nitrogens with zero attached hydrogens (tertiary/aromatic N) is 2. The van der Waals surface area contributed by atoms with Crippen LogP contribution in [0.1, 0.15) is 11.1 Å². The molecule has 68 valence electrons. The van der Waals surface area contributed by atoms with Gasteiger partial charge in [0.2, 0.25) is 0 Å². The Hall–Kier alpha value is -2.08. The Balaban J connectivity index is 3.01. The number of hydrogen-bond acceptors (Lipinski definition) is 3. The van der Waals surface area contributed by atoms with Gasteiger partial charge in [-0.25, -0.2) is 0 Å². The fourth-order valence-electron chi connectivity index (χ4n) is 1.51. The molecule has 14 heavy (non-hydrogen) atoms. The zero-order chi connectivity index (χ0) is 10.1. The zero-order valence-corrected chi connectivity index (χ0v) is 7.65. The number of aryl methyl sites for hydroxylation is 1. The molecule has 0 spiro atoms. The van der Waals surface area contributed by atoms with Crippen LogP contribution in [0.4, 0.5) is 0 Å². The highest BCUT2D eigenvalue weighted by atomic mass is 16.3. The maximum absolute atomic E-state index is 9.54. The molecule has 0 saturated carbocycles. The van der Waals surface area contributed by atoms with Crippen LogP contribution in [0.3, 0.4) is 0 Å². The quantitative estimate of drug-likeness (QED) is 0.682. The minimum absolute atomic E-state index is 0.114. The Morgan fingerprint density at radius 3 is 2.86 bits per heavy atom. The second-order valence-electron chi connectivity index (χ2n) is 3.10. The molecule has 0 aliphatic heterocycles. The topological polar surface area (TPSA) is 56.9 Å². The molecule has 1 aromatic heterocycles. The van der Waals surface area contributed by atoms with Crippen molar-refractivity contribution in [3.05, 3.63) is 35.5 Å². The van der Waals surface area contributed by atoms with Gasteiger partial charge in [0, 0.05) is 11.6 Å². The van der Waals surface area contributed by atoms with Gasteiger partial charge in [-0.05, 0) is 24.6 Å². The summed E-state index contributed by atoms with van der Waals surface area (Å²) in [5, 5.41) is 19.2. The number of phenolic OH excluding ortho intramolecular Hbond substituents is 1. The second-order valence-corrected chi connectivity index (χ2v) is 3.10. The summed E-state index contributed by atoms with van der Waals surface area (Å²) in [6.07, 6.45) is 1.53. The van der Waals surface area contributed by atoms with Crippen molar-refractivity contribution in [3.63, 3.8) is 0 Å². The summed E-state index contributed by atoms with van der Waals surface area (Å²) < 4.78 is 0. The Kier molecular flexibility index (Phi) is 1.83. The first kappa shape index (κ1) is 8.52. The van der Waals surface area contributed by atoms with Crippen molar-refractivity contribution < 1.29 is 5.11 Å². The summed E-state index contributed by atoms with van der Waals surface area (Å²) in [5.41, 5.74) is 1.98. The van der Waals surface area contributed by atoms with Gasteiger partial charge in [0.1, 0.15) is 11.3 Å². The van der Waals surface area contributed by atoms with Gasteiger partial charge in [0.05, 0.1) is 11.6 Å². The lowest BCUT2D eigenvalue weighted by Gasteiger charge is -2.04. The van der Waals surface area contributed by atoms with E-state index in [0.29, 0.717) is 11.1 Å². The first-order valence-electron chi connectivity index (χ1n) is 4.21. The van der Waals surface area contributed by atoms with Crippen LogP contribution in [0.15, 0.2) is 24.4 Å². The van der Waals surface area contributed by atoms with E-state index >= 15 is 0 Å². The number of fused-ring (bicyclic) bond motifs is 1. The molecule has 0 fully saturated rings. The Morgan fingerprint density at radius 2 is 2.14 bits per heavy atom. The Bertz CT molecular complexity index is 541. The van der Waals surface area contributed by atoms with E-state index in [1.54, 1.807) is 18.2 Å². The summed E-state index contributed by atoms with van der Waals surface area (Å²) in [6, 6.07) is 7.10. The molecule has 1 N–H and O–H groups in total. The van der Waals surface area contributed by atoms with Crippen LogP contribution in [-0.4, -0.2) is 10.1 Å². The number of hydrogen-bond donors (Lipinski definition) is 1. The molecule has 0 radical (unpaired) electrons. The molecule has 3 nitrogen and oxygen atoms in total.